The van der Waals surface area contributed by atoms with Crippen LogP contribution in [0.5, 0.6) is 0 Å². The van der Waals surface area contributed by atoms with Crippen LogP contribution in [0.25, 0.3) is 0 Å². The fourth-order valence-electron chi connectivity index (χ4n) is 4.46. The molecule has 28 heavy (non-hydrogen) atoms. The van der Waals surface area contributed by atoms with Gasteiger partial charge in [-0.25, -0.2) is 4.79 Å². The lowest BCUT2D eigenvalue weighted by molar-refractivity contribution is -0.137. The van der Waals surface area contributed by atoms with Gasteiger partial charge in [0.2, 0.25) is 11.8 Å². The maximum absolute atomic E-state index is 12.7. The molecule has 8 nitrogen and oxygen atoms in total. The lowest BCUT2D eigenvalue weighted by atomic mass is 9.81. The molecule has 1 unspecified atom stereocenters. The van der Waals surface area contributed by atoms with E-state index in [4.69, 9.17) is 0 Å². The van der Waals surface area contributed by atoms with Gasteiger partial charge in [0.15, 0.2) is 5.78 Å². The van der Waals surface area contributed by atoms with Crippen LogP contribution in [-0.4, -0.2) is 60.7 Å². The van der Waals surface area contributed by atoms with Crippen molar-refractivity contribution < 1.29 is 19.2 Å². The topological polar surface area (TPSA) is 108 Å². The maximum Gasteiger partial charge on any atom is 0.315 e. The van der Waals surface area contributed by atoms with Crippen molar-refractivity contribution in [1.29, 1.82) is 0 Å². The predicted molar refractivity (Wildman–Crippen MR) is 103 cm³/mol. The molecule has 1 heterocycles. The molecule has 2 aliphatic carbocycles. The first-order valence-electron chi connectivity index (χ1n) is 10.6. The number of hydrogen-bond donors (Lipinski definition) is 3. The molecule has 8 heteroatoms. The first-order valence-corrected chi connectivity index (χ1v) is 10.6. The summed E-state index contributed by atoms with van der Waals surface area (Å²) in [4.78, 5) is 51.0. The van der Waals surface area contributed by atoms with Crippen LogP contribution in [0.4, 0.5) is 4.79 Å². The van der Waals surface area contributed by atoms with Gasteiger partial charge >= 0.3 is 6.03 Å². The molecular formula is C20H32N4O4. The third-order valence-electron chi connectivity index (χ3n) is 6.22. The molecule has 2 atom stereocenters. The summed E-state index contributed by atoms with van der Waals surface area (Å²) < 4.78 is 0. The molecule has 3 N–H and O–H groups in total. The molecule has 4 amide bonds. The highest BCUT2D eigenvalue weighted by Crippen LogP contribution is 2.35. The molecule has 1 saturated heterocycles. The quantitative estimate of drug-likeness (QED) is 0.599. The molecular weight excluding hydrogens is 360 g/mol. The van der Waals surface area contributed by atoms with E-state index in [0.717, 1.165) is 44.9 Å². The van der Waals surface area contributed by atoms with Crippen molar-refractivity contribution in [2.24, 2.45) is 11.8 Å². The molecule has 0 aromatic rings. The Morgan fingerprint density at radius 1 is 0.964 bits per heavy atom. The molecule has 3 fully saturated rings. The molecule has 2 saturated carbocycles. The Kier molecular flexibility index (Phi) is 6.91. The number of likely N-dealkylation sites (tertiary alicyclic amines) is 1. The van der Waals surface area contributed by atoms with Crippen LogP contribution in [0.15, 0.2) is 0 Å². The second-order valence-electron chi connectivity index (χ2n) is 8.24. The molecule has 156 valence electrons. The number of urea groups is 1. The van der Waals surface area contributed by atoms with Crippen molar-refractivity contribution in [2.45, 2.75) is 69.9 Å². The summed E-state index contributed by atoms with van der Waals surface area (Å²) >= 11 is 0. The fourth-order valence-corrected chi connectivity index (χ4v) is 4.46. The van der Waals surface area contributed by atoms with Crippen LogP contribution in [0.2, 0.25) is 0 Å². The monoisotopic (exact) mass is 392 g/mol. The van der Waals surface area contributed by atoms with E-state index in [-0.39, 0.29) is 36.0 Å². The largest absolute Gasteiger partial charge is 0.357 e. The van der Waals surface area contributed by atoms with E-state index in [2.05, 4.69) is 16.0 Å². The summed E-state index contributed by atoms with van der Waals surface area (Å²) in [6, 6.07) is -1.39. The van der Waals surface area contributed by atoms with Crippen molar-refractivity contribution in [3.8, 4) is 0 Å². The maximum atomic E-state index is 12.7. The third-order valence-corrected chi connectivity index (χ3v) is 6.22. The van der Waals surface area contributed by atoms with Crippen molar-refractivity contribution in [2.75, 3.05) is 20.1 Å². The molecule has 0 spiro atoms. The number of Topliss-reactive ketones (excluding diaryl/α,β-unsaturated/α-hetero) is 1. The van der Waals surface area contributed by atoms with Gasteiger partial charge in [-0.2, -0.15) is 0 Å². The summed E-state index contributed by atoms with van der Waals surface area (Å²) in [6.45, 7) is 0.347. The Balaban J connectivity index is 1.51. The van der Waals surface area contributed by atoms with Crippen LogP contribution < -0.4 is 16.0 Å². The fraction of sp³-hybridized carbons (Fsp3) is 0.800. The van der Waals surface area contributed by atoms with Gasteiger partial charge in [-0.05, 0) is 44.4 Å². The zero-order valence-electron chi connectivity index (χ0n) is 16.7. The first kappa shape index (κ1) is 20.6. The average molecular weight is 393 g/mol. The van der Waals surface area contributed by atoms with Gasteiger partial charge in [-0.1, -0.05) is 19.3 Å². The number of carbonyl (C=O) groups is 4. The van der Waals surface area contributed by atoms with Gasteiger partial charge in [-0.15, -0.1) is 0 Å². The number of likely N-dealkylation sites (N-methyl/N-ethyl adjacent to an activating group) is 1. The summed E-state index contributed by atoms with van der Waals surface area (Å²) in [5, 5.41) is 8.02. The molecule has 0 aromatic carbocycles. The number of nitrogens with zero attached hydrogens (tertiary/aromatic N) is 1. The minimum Gasteiger partial charge on any atom is -0.357 e. The minimum absolute atomic E-state index is 0.0896. The molecule has 0 bridgehead atoms. The lowest BCUT2D eigenvalue weighted by Gasteiger charge is -2.30. The molecule has 1 aliphatic heterocycles. The Labute approximate surface area is 166 Å². The number of amides is 4. The van der Waals surface area contributed by atoms with Gasteiger partial charge in [0.05, 0.1) is 12.6 Å². The minimum atomic E-state index is -0.478. The van der Waals surface area contributed by atoms with E-state index in [9.17, 15) is 19.2 Å². The summed E-state index contributed by atoms with van der Waals surface area (Å²) in [5.74, 6) is -0.0226. The zero-order valence-corrected chi connectivity index (χ0v) is 16.7. The highest BCUT2D eigenvalue weighted by atomic mass is 16.2. The van der Waals surface area contributed by atoms with E-state index >= 15 is 0 Å². The van der Waals surface area contributed by atoms with Gasteiger partial charge in [0.1, 0.15) is 6.04 Å². The predicted octanol–water partition coefficient (Wildman–Crippen LogP) is 0.951. The van der Waals surface area contributed by atoms with Gasteiger partial charge in [0, 0.05) is 19.5 Å². The second kappa shape index (κ2) is 9.39. The van der Waals surface area contributed by atoms with E-state index in [1.54, 1.807) is 7.05 Å². The van der Waals surface area contributed by atoms with E-state index in [0.29, 0.717) is 13.0 Å². The van der Waals surface area contributed by atoms with E-state index in [1.807, 2.05) is 0 Å². The van der Waals surface area contributed by atoms with Crippen molar-refractivity contribution in [3.05, 3.63) is 0 Å². The number of carbonyl (C=O) groups excluding carboxylic acids is 4. The standard InChI is InChI=1S/C20H32N4O4/c1-21-19(27)15-8-5-11-24(15)16(25)12-22-20(28)23-17(18(26)14-9-10-14)13-6-3-2-4-7-13/h13-15,17H,2-12H2,1H3,(H,21,27)(H2,22,23,28)/t15-,17?/m0/s1. The second-order valence-corrected chi connectivity index (χ2v) is 8.24. The average Bonchev–Trinajstić information content (AvgIpc) is 3.46. The highest BCUT2D eigenvalue weighted by molar-refractivity contribution is 5.93. The van der Waals surface area contributed by atoms with Crippen LogP contribution >= 0.6 is 0 Å². The van der Waals surface area contributed by atoms with Crippen molar-refractivity contribution in [1.82, 2.24) is 20.9 Å². The van der Waals surface area contributed by atoms with Crippen LogP contribution in [0.1, 0.15) is 57.8 Å². The zero-order chi connectivity index (χ0) is 20.1. The first-order chi connectivity index (χ1) is 13.5. The summed E-state index contributed by atoms with van der Waals surface area (Å²) in [6.07, 6.45) is 8.54. The lowest BCUT2D eigenvalue weighted by Crippen LogP contribution is -2.53. The number of hydrogen-bond acceptors (Lipinski definition) is 4. The Morgan fingerprint density at radius 3 is 2.32 bits per heavy atom. The molecule has 0 radical (unpaired) electrons. The highest BCUT2D eigenvalue weighted by Gasteiger charge is 2.39. The third kappa shape index (κ3) is 5.02. The molecule has 3 aliphatic rings. The molecule has 3 rings (SSSR count). The van der Waals surface area contributed by atoms with Crippen LogP contribution in [0, 0.1) is 11.8 Å². The normalized spacial score (nSPS) is 23.8. The Morgan fingerprint density at radius 2 is 1.68 bits per heavy atom. The Bertz CT molecular complexity index is 613. The number of rotatable bonds is 7. The van der Waals surface area contributed by atoms with E-state index in [1.165, 1.54) is 11.3 Å². The van der Waals surface area contributed by atoms with Gasteiger partial charge in [-0.3, -0.25) is 14.4 Å². The smallest absolute Gasteiger partial charge is 0.315 e. The SMILES string of the molecule is CNC(=O)[C@@H]1CCCN1C(=O)CNC(=O)NC(C(=O)C1CC1)C1CCCCC1. The number of ketones is 1. The molecule has 0 aromatic heterocycles. The Hall–Kier alpha value is -2.12. The number of nitrogens with one attached hydrogen (secondary N) is 3. The summed E-state index contributed by atoms with van der Waals surface area (Å²) in [5.41, 5.74) is 0. The van der Waals surface area contributed by atoms with E-state index < -0.39 is 18.1 Å². The summed E-state index contributed by atoms with van der Waals surface area (Å²) in [7, 11) is 1.55. The van der Waals surface area contributed by atoms with Crippen molar-refractivity contribution in [3.63, 3.8) is 0 Å². The van der Waals surface area contributed by atoms with Gasteiger partial charge < -0.3 is 20.9 Å². The van der Waals surface area contributed by atoms with Crippen LogP contribution in [0.3, 0.4) is 0 Å². The van der Waals surface area contributed by atoms with Crippen LogP contribution in [-0.2, 0) is 14.4 Å². The van der Waals surface area contributed by atoms with Crippen molar-refractivity contribution >= 4 is 23.6 Å². The van der Waals surface area contributed by atoms with Gasteiger partial charge in [0.25, 0.3) is 0 Å².